The summed E-state index contributed by atoms with van der Waals surface area (Å²) in [5, 5.41) is 14.1. The van der Waals surface area contributed by atoms with Gasteiger partial charge in [-0.3, -0.25) is 4.79 Å². The summed E-state index contributed by atoms with van der Waals surface area (Å²) in [6.07, 6.45) is 3.96. The maximum absolute atomic E-state index is 13.4. The summed E-state index contributed by atoms with van der Waals surface area (Å²) in [4.78, 5) is 28.8. The van der Waals surface area contributed by atoms with Gasteiger partial charge in [-0.05, 0) is 48.2 Å². The van der Waals surface area contributed by atoms with Crippen LogP contribution in [0, 0.1) is 11.0 Å². The van der Waals surface area contributed by atoms with Gasteiger partial charge in [-0.15, -0.1) is 0 Å². The van der Waals surface area contributed by atoms with Crippen molar-refractivity contribution in [2.75, 3.05) is 25.5 Å². The van der Waals surface area contributed by atoms with Gasteiger partial charge in [0, 0.05) is 44.0 Å². The van der Waals surface area contributed by atoms with Gasteiger partial charge in [0.25, 0.3) is 5.91 Å². The lowest BCUT2D eigenvalue weighted by atomic mass is 10.0. The number of urea groups is 1. The lowest BCUT2D eigenvalue weighted by Gasteiger charge is -2.36. The molecule has 0 aliphatic carbocycles. The highest BCUT2D eigenvalue weighted by atomic mass is 19.1. The summed E-state index contributed by atoms with van der Waals surface area (Å²) >= 11 is 0. The number of hydrogen-bond acceptors (Lipinski definition) is 3. The number of pyridine rings is 1. The van der Waals surface area contributed by atoms with Crippen LogP contribution in [0.5, 0.6) is 0 Å². The quantitative estimate of drug-likeness (QED) is 0.486. The first-order chi connectivity index (χ1) is 15.9. The summed E-state index contributed by atoms with van der Waals surface area (Å²) in [6.45, 7) is 1.07. The number of nitrogens with one attached hydrogen (secondary N) is 1. The molecule has 1 aromatic heterocycles. The number of nitrogens with zero attached hydrogens (tertiary/aromatic N) is 3. The molecule has 1 aliphatic rings. The second-order valence-electron chi connectivity index (χ2n) is 8.10. The second-order valence-corrected chi connectivity index (χ2v) is 8.10. The van der Waals surface area contributed by atoms with Crippen molar-refractivity contribution in [3.05, 3.63) is 89.6 Å². The number of anilines is 1. The van der Waals surface area contributed by atoms with Gasteiger partial charge in [0.2, 0.25) is 0 Å². The van der Waals surface area contributed by atoms with E-state index >= 15 is 0 Å². The highest BCUT2D eigenvalue weighted by molar-refractivity contribution is 5.94. The van der Waals surface area contributed by atoms with Crippen molar-refractivity contribution < 1.29 is 18.7 Å². The lowest BCUT2D eigenvalue weighted by molar-refractivity contribution is -0.605. The molecule has 1 saturated heterocycles. The molecule has 0 radical (unpaired) electrons. The van der Waals surface area contributed by atoms with E-state index in [1.54, 1.807) is 35.0 Å². The van der Waals surface area contributed by atoms with Crippen LogP contribution < -0.4 is 10.0 Å². The van der Waals surface area contributed by atoms with Crippen LogP contribution in [0.25, 0.3) is 11.1 Å². The van der Waals surface area contributed by atoms with E-state index in [0.29, 0.717) is 41.9 Å². The zero-order valence-electron chi connectivity index (χ0n) is 18.3. The van der Waals surface area contributed by atoms with Gasteiger partial charge >= 0.3 is 6.03 Å². The highest BCUT2D eigenvalue weighted by Crippen LogP contribution is 2.23. The molecular formula is C25H25FN4O3. The van der Waals surface area contributed by atoms with Crippen LogP contribution in [0.3, 0.4) is 0 Å². The van der Waals surface area contributed by atoms with E-state index < -0.39 is 0 Å². The van der Waals surface area contributed by atoms with Crippen LogP contribution >= 0.6 is 0 Å². The molecule has 0 saturated carbocycles. The second kappa shape index (κ2) is 9.68. The molecule has 1 fully saturated rings. The number of halogens is 1. The Morgan fingerprint density at radius 3 is 2.33 bits per heavy atom. The molecule has 3 aromatic rings. The number of carbonyl (C=O) groups is 2. The Kier molecular flexibility index (Phi) is 6.53. The number of benzene rings is 2. The molecule has 0 unspecified atom stereocenters. The number of aromatic nitrogens is 1. The topological polar surface area (TPSA) is 79.6 Å². The Bertz CT molecular complexity index is 1130. The minimum Gasteiger partial charge on any atom is -0.619 e. The van der Waals surface area contributed by atoms with Crippen LogP contribution in [0.1, 0.15) is 23.2 Å². The fraction of sp³-hybridized carbons (Fsp3) is 0.240. The summed E-state index contributed by atoms with van der Waals surface area (Å²) in [7, 11) is 1.75. The van der Waals surface area contributed by atoms with Crippen LogP contribution in [0.4, 0.5) is 14.9 Å². The maximum Gasteiger partial charge on any atom is 0.321 e. The van der Waals surface area contributed by atoms with Gasteiger partial charge in [0.05, 0.1) is 5.56 Å². The van der Waals surface area contributed by atoms with Crippen molar-refractivity contribution in [1.29, 1.82) is 0 Å². The van der Waals surface area contributed by atoms with E-state index in [9.17, 15) is 19.2 Å². The van der Waals surface area contributed by atoms with Crippen molar-refractivity contribution in [3.63, 3.8) is 0 Å². The average Bonchev–Trinajstić information content (AvgIpc) is 2.84. The molecule has 0 spiro atoms. The van der Waals surface area contributed by atoms with Gasteiger partial charge < -0.3 is 20.3 Å². The summed E-state index contributed by atoms with van der Waals surface area (Å²) in [6, 6.07) is 16.4. The van der Waals surface area contributed by atoms with Gasteiger partial charge in [-0.1, -0.05) is 24.3 Å². The van der Waals surface area contributed by atoms with Crippen molar-refractivity contribution in [3.8, 4) is 11.1 Å². The molecule has 170 valence electrons. The predicted molar refractivity (Wildman–Crippen MR) is 123 cm³/mol. The molecule has 0 atom stereocenters. The first-order valence-electron chi connectivity index (χ1n) is 10.8. The van der Waals surface area contributed by atoms with Gasteiger partial charge in [-0.25, -0.2) is 9.18 Å². The number of hydrogen-bond donors (Lipinski definition) is 1. The van der Waals surface area contributed by atoms with E-state index in [1.165, 1.54) is 36.7 Å². The summed E-state index contributed by atoms with van der Waals surface area (Å²) in [5.74, 6) is -0.404. The first-order valence-corrected chi connectivity index (χ1v) is 10.8. The molecule has 7 nitrogen and oxygen atoms in total. The van der Waals surface area contributed by atoms with E-state index in [1.807, 2.05) is 18.2 Å². The molecule has 2 aromatic carbocycles. The molecule has 33 heavy (non-hydrogen) atoms. The smallest absolute Gasteiger partial charge is 0.321 e. The molecule has 2 heterocycles. The molecule has 1 N–H and O–H groups in total. The van der Waals surface area contributed by atoms with Crippen LogP contribution in [0.2, 0.25) is 0 Å². The minimum absolute atomic E-state index is 0.0141. The Hall–Kier alpha value is -3.94. The zero-order chi connectivity index (χ0) is 23.4. The molecule has 0 bridgehead atoms. The average molecular weight is 448 g/mol. The number of piperidine rings is 1. The standard InChI is InChI=1S/C25H25FN4O3/c1-28(23-11-13-29(14-12-23)24(31)19-9-15-30(33)16-10-19)25(32)27-22-7-5-18(6-8-22)20-3-2-4-21(26)17-20/h2-10,15-17,23H,11-14H2,1H3,(H,27,32). The fourth-order valence-electron chi connectivity index (χ4n) is 3.99. The Morgan fingerprint density at radius 2 is 1.70 bits per heavy atom. The third-order valence-electron chi connectivity index (χ3n) is 5.96. The molecule has 3 amide bonds. The third kappa shape index (κ3) is 5.28. The summed E-state index contributed by atoms with van der Waals surface area (Å²) < 4.78 is 14.1. The number of likely N-dealkylation sites (tertiary alicyclic amines) is 1. The van der Waals surface area contributed by atoms with E-state index in [0.717, 1.165) is 11.1 Å². The highest BCUT2D eigenvalue weighted by Gasteiger charge is 2.28. The van der Waals surface area contributed by atoms with Crippen LogP contribution in [-0.4, -0.2) is 47.9 Å². The van der Waals surface area contributed by atoms with E-state index in [2.05, 4.69) is 5.32 Å². The zero-order valence-corrected chi connectivity index (χ0v) is 18.3. The summed E-state index contributed by atoms with van der Waals surface area (Å²) in [5.41, 5.74) is 2.77. The minimum atomic E-state index is -0.293. The van der Waals surface area contributed by atoms with Crippen LogP contribution in [0.15, 0.2) is 73.1 Å². The lowest BCUT2D eigenvalue weighted by Crippen LogP contribution is -2.48. The van der Waals surface area contributed by atoms with Gasteiger partial charge in [0.1, 0.15) is 5.82 Å². The normalized spacial score (nSPS) is 14.1. The molecule has 1 aliphatic heterocycles. The SMILES string of the molecule is CN(C(=O)Nc1ccc(-c2cccc(F)c2)cc1)C1CCN(C(=O)c2cc[n+]([O-])cc2)CC1. The van der Waals surface area contributed by atoms with Gasteiger partial charge in [0.15, 0.2) is 12.4 Å². The van der Waals surface area contributed by atoms with Gasteiger partial charge in [-0.2, -0.15) is 4.73 Å². The van der Waals surface area contributed by atoms with Crippen molar-refractivity contribution in [1.82, 2.24) is 9.80 Å². The van der Waals surface area contributed by atoms with Crippen LogP contribution in [-0.2, 0) is 0 Å². The van der Waals surface area contributed by atoms with E-state index in [4.69, 9.17) is 0 Å². The first kappa shape index (κ1) is 22.3. The van der Waals surface area contributed by atoms with Crippen molar-refractivity contribution in [2.45, 2.75) is 18.9 Å². The van der Waals surface area contributed by atoms with Crippen molar-refractivity contribution in [2.24, 2.45) is 0 Å². The van der Waals surface area contributed by atoms with E-state index in [-0.39, 0.29) is 23.8 Å². The molecular weight excluding hydrogens is 423 g/mol. The fourth-order valence-corrected chi connectivity index (χ4v) is 3.99. The largest absolute Gasteiger partial charge is 0.619 e. The molecule has 4 rings (SSSR count). The maximum atomic E-state index is 13.4. The third-order valence-corrected chi connectivity index (χ3v) is 5.96. The molecule has 8 heteroatoms. The predicted octanol–water partition coefficient (Wildman–Crippen LogP) is 3.89. The number of carbonyl (C=O) groups excluding carboxylic acids is 2. The van der Waals surface area contributed by atoms with Crippen molar-refractivity contribution >= 4 is 17.6 Å². The number of rotatable bonds is 4. The Balaban J connectivity index is 1.30. The number of amides is 3. The Labute approximate surface area is 191 Å². The monoisotopic (exact) mass is 448 g/mol. The Morgan fingerprint density at radius 1 is 1.03 bits per heavy atom.